The maximum atomic E-state index is 2.68. The van der Waals surface area contributed by atoms with Gasteiger partial charge < -0.3 is 14.7 Å². The molecule has 83 heavy (non-hydrogen) atoms. The molecule has 0 saturated carbocycles. The number of nitrogens with zero attached hydrogens (tertiary/aromatic N) is 3. The first-order valence-corrected chi connectivity index (χ1v) is 29.8. The Morgan fingerprint density at radius 1 is 0.386 bits per heavy atom. The molecular formula is C78H54BN3S. The molecule has 3 heterocycles. The lowest BCUT2D eigenvalue weighted by Gasteiger charge is -2.45. The Hall–Kier alpha value is -9.94. The van der Waals surface area contributed by atoms with Crippen LogP contribution in [-0.2, 0) is 5.41 Å². The topological polar surface area (TPSA) is 9.72 Å². The third-order valence-corrected chi connectivity index (χ3v) is 19.0. The summed E-state index contributed by atoms with van der Waals surface area (Å²) < 4.78 is 2.63. The number of hydrogen-bond acceptors (Lipinski definition) is 4. The van der Waals surface area contributed by atoms with Crippen molar-refractivity contribution in [1.82, 2.24) is 0 Å². The van der Waals surface area contributed by atoms with E-state index in [0.29, 0.717) is 0 Å². The summed E-state index contributed by atoms with van der Waals surface area (Å²) >= 11 is 1.95. The fourth-order valence-electron chi connectivity index (χ4n) is 14.1. The van der Waals surface area contributed by atoms with E-state index >= 15 is 0 Å². The summed E-state index contributed by atoms with van der Waals surface area (Å²) in [4.78, 5) is 7.71. The Kier molecular flexibility index (Phi) is 10.5. The monoisotopic (exact) mass is 1080 g/mol. The summed E-state index contributed by atoms with van der Waals surface area (Å²) in [5.74, 6) is 0. The minimum Gasteiger partial charge on any atom is -0.311 e. The number of para-hydroxylation sites is 3. The highest BCUT2D eigenvalue weighted by Gasteiger charge is 2.46. The summed E-state index contributed by atoms with van der Waals surface area (Å²) in [6, 6.07) is 103. The zero-order valence-electron chi connectivity index (χ0n) is 46.3. The average Bonchev–Trinajstić information content (AvgIpc) is 1.85. The predicted molar refractivity (Wildman–Crippen MR) is 359 cm³/mol. The van der Waals surface area contributed by atoms with Crippen molar-refractivity contribution >= 4 is 149 Å². The quantitative estimate of drug-likeness (QED) is 0.0895. The molecule has 17 rings (SSSR count). The van der Waals surface area contributed by atoms with Crippen LogP contribution in [0.25, 0.3) is 86.2 Å². The molecule has 0 unspecified atom stereocenters. The van der Waals surface area contributed by atoms with Gasteiger partial charge in [0.25, 0.3) is 6.71 Å². The lowest BCUT2D eigenvalue weighted by molar-refractivity contribution is 0.590. The van der Waals surface area contributed by atoms with E-state index in [1.165, 1.54) is 130 Å². The zero-order valence-corrected chi connectivity index (χ0v) is 47.1. The highest BCUT2D eigenvalue weighted by atomic mass is 32.1. The second-order valence-electron chi connectivity index (χ2n) is 23.6. The first-order chi connectivity index (χ1) is 40.8. The minimum atomic E-state index is -0.220. The fourth-order valence-corrected chi connectivity index (χ4v) is 15.4. The molecule has 0 radical (unpaired) electrons. The van der Waals surface area contributed by atoms with Crippen LogP contribution in [0, 0.1) is 0 Å². The first-order valence-electron chi connectivity index (χ1n) is 28.9. The molecule has 390 valence electrons. The Morgan fingerprint density at radius 2 is 0.976 bits per heavy atom. The number of benzene rings is 14. The maximum Gasteiger partial charge on any atom is 0.264 e. The normalized spacial score (nSPS) is 12.9. The zero-order chi connectivity index (χ0) is 55.1. The molecule has 5 heteroatoms. The highest BCUT2D eigenvalue weighted by Crippen LogP contribution is 2.53. The van der Waals surface area contributed by atoms with Gasteiger partial charge in [0.1, 0.15) is 0 Å². The summed E-state index contributed by atoms with van der Waals surface area (Å²) in [5, 5.41) is 13.9. The average molecular weight is 1080 g/mol. The number of fused-ring (bicyclic) bond motifs is 8. The molecule has 0 atom stereocenters. The van der Waals surface area contributed by atoms with E-state index in [4.69, 9.17) is 0 Å². The van der Waals surface area contributed by atoms with Crippen molar-refractivity contribution in [3.8, 4) is 22.3 Å². The molecule has 0 spiro atoms. The van der Waals surface area contributed by atoms with E-state index in [1.807, 2.05) is 11.3 Å². The Bertz CT molecular complexity index is 5020. The van der Waals surface area contributed by atoms with Gasteiger partial charge in [0.05, 0.1) is 11.4 Å². The van der Waals surface area contributed by atoms with Crippen molar-refractivity contribution in [3.63, 3.8) is 0 Å². The summed E-state index contributed by atoms with van der Waals surface area (Å²) in [5.41, 5.74) is 18.9. The van der Waals surface area contributed by atoms with E-state index in [2.05, 4.69) is 308 Å². The number of thiophene rings is 1. The highest BCUT2D eigenvalue weighted by molar-refractivity contribution is 7.33. The molecule has 0 aliphatic carbocycles. The van der Waals surface area contributed by atoms with Gasteiger partial charge in [0, 0.05) is 60.2 Å². The molecule has 3 nitrogen and oxygen atoms in total. The molecule has 2 aliphatic heterocycles. The number of anilines is 9. The van der Waals surface area contributed by atoms with E-state index in [1.54, 1.807) is 0 Å². The van der Waals surface area contributed by atoms with E-state index in [0.717, 1.165) is 28.4 Å². The Labute approximate surface area is 487 Å². The Morgan fingerprint density at radius 3 is 1.71 bits per heavy atom. The summed E-state index contributed by atoms with van der Waals surface area (Å²) in [6.45, 7) is 7.05. The van der Waals surface area contributed by atoms with Crippen LogP contribution in [0.2, 0.25) is 0 Å². The number of rotatable bonds is 7. The lowest BCUT2D eigenvalue weighted by atomic mass is 9.36. The molecule has 14 aromatic carbocycles. The Balaban J connectivity index is 0.976. The van der Waals surface area contributed by atoms with Crippen LogP contribution in [0.15, 0.2) is 273 Å². The molecular weight excluding hydrogens is 1020 g/mol. The van der Waals surface area contributed by atoms with Gasteiger partial charge in [-0.25, -0.2) is 0 Å². The molecule has 0 fully saturated rings. The fraction of sp³-hybridized carbons (Fsp3) is 0.0513. The third kappa shape index (κ3) is 7.31. The van der Waals surface area contributed by atoms with Gasteiger partial charge in [-0.15, -0.1) is 11.3 Å². The van der Waals surface area contributed by atoms with Gasteiger partial charge in [-0.1, -0.05) is 209 Å². The minimum absolute atomic E-state index is 0.0793. The molecule has 0 bridgehead atoms. The van der Waals surface area contributed by atoms with Crippen LogP contribution < -0.4 is 30.4 Å². The van der Waals surface area contributed by atoms with Crippen molar-refractivity contribution in [2.45, 2.75) is 26.2 Å². The van der Waals surface area contributed by atoms with E-state index in [9.17, 15) is 0 Å². The van der Waals surface area contributed by atoms with Crippen molar-refractivity contribution in [2.75, 3.05) is 14.7 Å². The molecule has 0 saturated heterocycles. The standard InChI is InChI=1S/C78H54BN3S/c1-78(2,3)55-46-69-75-70(47-55)82(67-37-16-14-34-62(67)65-45-54-25-18-23-49-39-40-50-24-20-36-63(65)74(50)72(49)54)76-64-35-15-17-38-71(64)83-77(76)79(75)66-42-41-59(80(56-27-6-4-7-28-56)57-29-8-5-9-30-57)48-68(66)81(69)58-31-19-26-53(44-58)73-60-32-12-10-21-51(60)43-52-22-11-13-33-61(52)73/h4-48H,1-3H3. The van der Waals surface area contributed by atoms with Crippen molar-refractivity contribution < 1.29 is 0 Å². The van der Waals surface area contributed by atoms with Gasteiger partial charge in [0.15, 0.2) is 0 Å². The van der Waals surface area contributed by atoms with Gasteiger partial charge >= 0.3 is 0 Å². The van der Waals surface area contributed by atoms with Gasteiger partial charge in [-0.05, 0) is 177 Å². The van der Waals surface area contributed by atoms with E-state index < -0.39 is 0 Å². The van der Waals surface area contributed by atoms with Crippen molar-refractivity contribution in [2.24, 2.45) is 0 Å². The molecule has 0 amide bonds. The smallest absolute Gasteiger partial charge is 0.264 e. The third-order valence-electron chi connectivity index (χ3n) is 17.8. The summed E-state index contributed by atoms with van der Waals surface area (Å²) in [7, 11) is 0. The van der Waals surface area contributed by atoms with Crippen LogP contribution in [0.1, 0.15) is 26.3 Å². The molecule has 0 N–H and O–H groups in total. The molecule has 2 aliphatic rings. The first kappa shape index (κ1) is 47.8. The van der Waals surface area contributed by atoms with Crippen LogP contribution in [-0.4, -0.2) is 6.71 Å². The summed E-state index contributed by atoms with van der Waals surface area (Å²) in [6.07, 6.45) is 0. The number of hydrogen-bond donors (Lipinski definition) is 0. The van der Waals surface area contributed by atoms with Gasteiger partial charge in [0.2, 0.25) is 0 Å². The molecule has 15 aromatic rings. The second kappa shape index (κ2) is 18.3. The van der Waals surface area contributed by atoms with Gasteiger partial charge in [-0.3, -0.25) is 0 Å². The van der Waals surface area contributed by atoms with Crippen LogP contribution >= 0.6 is 11.3 Å². The largest absolute Gasteiger partial charge is 0.311 e. The van der Waals surface area contributed by atoms with Crippen LogP contribution in [0.5, 0.6) is 0 Å². The van der Waals surface area contributed by atoms with Crippen LogP contribution in [0.3, 0.4) is 0 Å². The second-order valence-corrected chi connectivity index (χ2v) is 24.7. The van der Waals surface area contributed by atoms with Crippen molar-refractivity contribution in [1.29, 1.82) is 0 Å². The maximum absolute atomic E-state index is 2.68. The van der Waals surface area contributed by atoms with Crippen LogP contribution in [0.4, 0.5) is 51.2 Å². The van der Waals surface area contributed by atoms with E-state index in [-0.39, 0.29) is 12.1 Å². The molecule has 1 aromatic heterocycles. The van der Waals surface area contributed by atoms with Crippen molar-refractivity contribution in [3.05, 3.63) is 279 Å². The van der Waals surface area contributed by atoms with Gasteiger partial charge in [-0.2, -0.15) is 0 Å². The predicted octanol–water partition coefficient (Wildman–Crippen LogP) is 20.3. The SMILES string of the molecule is CC(C)(C)c1cc2c3c(c1)N(c1ccccc1-c1cc4cccc5ccc6cccc1c6c54)c1c(sc4ccccc14)B3c1ccc(N(c3ccccc3)c3ccccc3)cc1N2c1cccc(-c2c3ccccc3cc3ccccc23)c1. The lowest BCUT2D eigenvalue weighted by Crippen LogP contribution is -2.60.